The Kier molecular flexibility index (Phi) is 2.66. The number of hydrogen-bond acceptors (Lipinski definition) is 3. The molecule has 2 saturated carbocycles. The molecule has 0 spiro atoms. The molecule has 4 nitrogen and oxygen atoms in total. The Labute approximate surface area is 130 Å². The SMILES string of the molecule is C=C1C(C)(C)[C@@H]2CC[C@]1(C(=O)Nc1ccc3c(c1)OCO3)C2. The number of rotatable bonds is 2. The van der Waals surface area contributed by atoms with E-state index in [9.17, 15) is 4.79 Å². The van der Waals surface area contributed by atoms with Crippen molar-refractivity contribution in [3.63, 3.8) is 0 Å². The smallest absolute Gasteiger partial charge is 0.234 e. The van der Waals surface area contributed by atoms with E-state index >= 15 is 0 Å². The van der Waals surface area contributed by atoms with Crippen molar-refractivity contribution in [1.29, 1.82) is 0 Å². The lowest BCUT2D eigenvalue weighted by Gasteiger charge is -2.37. The summed E-state index contributed by atoms with van der Waals surface area (Å²) in [5, 5.41) is 3.06. The maximum Gasteiger partial charge on any atom is 0.234 e. The van der Waals surface area contributed by atoms with Crippen molar-refractivity contribution in [2.24, 2.45) is 16.7 Å². The van der Waals surface area contributed by atoms with Crippen LogP contribution in [0.25, 0.3) is 0 Å². The normalized spacial score (nSPS) is 30.6. The van der Waals surface area contributed by atoms with Crippen LogP contribution in [0, 0.1) is 16.7 Å². The minimum atomic E-state index is -0.398. The van der Waals surface area contributed by atoms with E-state index in [1.165, 1.54) is 0 Å². The van der Waals surface area contributed by atoms with Crippen LogP contribution >= 0.6 is 0 Å². The standard InChI is InChI=1S/C18H21NO3/c1-11-17(2,3)12-6-7-18(11,9-12)16(20)19-13-4-5-14-15(8-13)22-10-21-14/h4-5,8,12H,1,6-7,9-10H2,2-3H3,(H,19,20)/t12-,18+/m1/s1. The molecule has 116 valence electrons. The highest BCUT2D eigenvalue weighted by Gasteiger charge is 2.60. The second kappa shape index (κ2) is 4.28. The Balaban J connectivity index is 1.59. The number of ether oxygens (including phenoxy) is 2. The van der Waals surface area contributed by atoms with Gasteiger partial charge in [-0.05, 0) is 42.7 Å². The summed E-state index contributed by atoms with van der Waals surface area (Å²) in [6.07, 6.45) is 2.95. The van der Waals surface area contributed by atoms with E-state index < -0.39 is 5.41 Å². The van der Waals surface area contributed by atoms with Crippen molar-refractivity contribution < 1.29 is 14.3 Å². The van der Waals surface area contributed by atoms with E-state index in [1.54, 1.807) is 0 Å². The van der Waals surface area contributed by atoms with E-state index in [4.69, 9.17) is 9.47 Å². The molecule has 0 aromatic heterocycles. The van der Waals surface area contributed by atoms with Gasteiger partial charge in [0.1, 0.15) is 0 Å². The van der Waals surface area contributed by atoms with Crippen LogP contribution in [0.1, 0.15) is 33.1 Å². The third-order valence-electron chi connectivity index (χ3n) is 5.96. The quantitative estimate of drug-likeness (QED) is 0.846. The zero-order valence-corrected chi connectivity index (χ0v) is 13.1. The molecule has 2 atom stereocenters. The molecule has 1 amide bonds. The predicted molar refractivity (Wildman–Crippen MR) is 83.9 cm³/mol. The van der Waals surface area contributed by atoms with Crippen molar-refractivity contribution in [3.8, 4) is 11.5 Å². The monoisotopic (exact) mass is 299 g/mol. The summed E-state index contributed by atoms with van der Waals surface area (Å²) in [4.78, 5) is 12.9. The average molecular weight is 299 g/mol. The molecule has 22 heavy (non-hydrogen) atoms. The van der Waals surface area contributed by atoms with Crippen molar-refractivity contribution in [3.05, 3.63) is 30.4 Å². The molecule has 4 heteroatoms. The second-order valence-electron chi connectivity index (χ2n) is 7.24. The van der Waals surface area contributed by atoms with Crippen LogP contribution in [0.3, 0.4) is 0 Å². The molecule has 1 heterocycles. The van der Waals surface area contributed by atoms with Crippen molar-refractivity contribution in [2.75, 3.05) is 12.1 Å². The number of benzene rings is 1. The van der Waals surface area contributed by atoms with E-state index in [0.29, 0.717) is 11.7 Å². The van der Waals surface area contributed by atoms with Gasteiger partial charge >= 0.3 is 0 Å². The van der Waals surface area contributed by atoms with Crippen LogP contribution in [0.2, 0.25) is 0 Å². The molecule has 1 aliphatic heterocycles. The van der Waals surface area contributed by atoms with Crippen molar-refractivity contribution in [2.45, 2.75) is 33.1 Å². The largest absolute Gasteiger partial charge is 0.454 e. The Hall–Kier alpha value is -1.97. The lowest BCUT2D eigenvalue weighted by atomic mass is 9.68. The van der Waals surface area contributed by atoms with Gasteiger partial charge in [-0.1, -0.05) is 26.0 Å². The number of nitrogens with one attached hydrogen (secondary N) is 1. The van der Waals surface area contributed by atoms with Crippen LogP contribution in [0.15, 0.2) is 30.4 Å². The Morgan fingerprint density at radius 2 is 2.09 bits per heavy atom. The number of carbonyl (C=O) groups excluding carboxylic acids is 1. The summed E-state index contributed by atoms with van der Waals surface area (Å²) >= 11 is 0. The third kappa shape index (κ3) is 1.67. The summed E-state index contributed by atoms with van der Waals surface area (Å²) < 4.78 is 10.7. The number of amides is 1. The van der Waals surface area contributed by atoms with Gasteiger partial charge in [0.2, 0.25) is 12.7 Å². The molecular weight excluding hydrogens is 278 g/mol. The minimum absolute atomic E-state index is 0.0600. The first kappa shape index (κ1) is 13.7. The zero-order chi connectivity index (χ0) is 15.5. The van der Waals surface area contributed by atoms with Gasteiger partial charge in [-0.15, -0.1) is 0 Å². The molecule has 1 N–H and O–H groups in total. The first-order valence-corrected chi connectivity index (χ1v) is 7.84. The molecule has 2 aliphatic carbocycles. The van der Waals surface area contributed by atoms with Crippen LogP contribution in [-0.4, -0.2) is 12.7 Å². The van der Waals surface area contributed by atoms with Crippen LogP contribution < -0.4 is 14.8 Å². The molecule has 0 unspecified atom stereocenters. The molecule has 0 saturated heterocycles. The van der Waals surface area contributed by atoms with Crippen molar-refractivity contribution in [1.82, 2.24) is 0 Å². The Morgan fingerprint density at radius 3 is 2.82 bits per heavy atom. The molecule has 2 fully saturated rings. The van der Waals surface area contributed by atoms with Gasteiger partial charge in [-0.3, -0.25) is 4.79 Å². The first-order chi connectivity index (χ1) is 10.4. The van der Waals surface area contributed by atoms with E-state index in [0.717, 1.165) is 36.3 Å². The number of anilines is 1. The maximum atomic E-state index is 12.9. The molecule has 1 aromatic rings. The van der Waals surface area contributed by atoms with Crippen LogP contribution in [0.5, 0.6) is 11.5 Å². The summed E-state index contributed by atoms with van der Waals surface area (Å²) in [6, 6.07) is 5.52. The Bertz CT molecular complexity index is 679. The van der Waals surface area contributed by atoms with E-state index in [1.807, 2.05) is 18.2 Å². The van der Waals surface area contributed by atoms with Crippen LogP contribution in [0.4, 0.5) is 5.69 Å². The first-order valence-electron chi connectivity index (χ1n) is 7.84. The van der Waals surface area contributed by atoms with E-state index in [-0.39, 0.29) is 18.1 Å². The predicted octanol–water partition coefficient (Wildman–Crippen LogP) is 3.74. The van der Waals surface area contributed by atoms with Gasteiger partial charge in [0, 0.05) is 11.8 Å². The average Bonchev–Trinajstić information content (AvgIpc) is 3.16. The maximum absolute atomic E-state index is 12.9. The molecule has 4 rings (SSSR count). The molecule has 0 radical (unpaired) electrons. The highest BCUT2D eigenvalue weighted by molar-refractivity contribution is 5.98. The summed E-state index contributed by atoms with van der Waals surface area (Å²) in [6.45, 7) is 8.95. The van der Waals surface area contributed by atoms with Crippen molar-refractivity contribution >= 4 is 11.6 Å². The van der Waals surface area contributed by atoms with Gasteiger partial charge in [-0.25, -0.2) is 0 Å². The number of carbonyl (C=O) groups is 1. The summed E-state index contributed by atoms with van der Waals surface area (Å²) in [5.74, 6) is 2.06. The van der Waals surface area contributed by atoms with Gasteiger partial charge < -0.3 is 14.8 Å². The highest BCUT2D eigenvalue weighted by atomic mass is 16.7. The lowest BCUT2D eigenvalue weighted by Crippen LogP contribution is -2.37. The Morgan fingerprint density at radius 1 is 1.32 bits per heavy atom. The molecule has 1 aromatic carbocycles. The topological polar surface area (TPSA) is 47.6 Å². The number of hydrogen-bond donors (Lipinski definition) is 1. The van der Waals surface area contributed by atoms with Gasteiger partial charge in [0.25, 0.3) is 0 Å². The fourth-order valence-corrected chi connectivity index (χ4v) is 4.37. The summed E-state index contributed by atoms with van der Waals surface area (Å²) in [5.41, 5.74) is 1.51. The molecular formula is C18H21NO3. The fraction of sp³-hybridized carbons (Fsp3) is 0.500. The zero-order valence-electron chi connectivity index (χ0n) is 13.1. The third-order valence-corrected chi connectivity index (χ3v) is 5.96. The minimum Gasteiger partial charge on any atom is -0.454 e. The molecule has 3 aliphatic rings. The van der Waals surface area contributed by atoms with E-state index in [2.05, 4.69) is 25.7 Å². The number of fused-ring (bicyclic) bond motifs is 3. The highest BCUT2D eigenvalue weighted by Crippen LogP contribution is 2.65. The fourth-order valence-electron chi connectivity index (χ4n) is 4.37. The lowest BCUT2D eigenvalue weighted by molar-refractivity contribution is -0.123. The van der Waals surface area contributed by atoms with Gasteiger partial charge in [0.15, 0.2) is 11.5 Å². The molecule has 2 bridgehead atoms. The second-order valence-corrected chi connectivity index (χ2v) is 7.24. The van der Waals surface area contributed by atoms with Gasteiger partial charge in [0.05, 0.1) is 5.41 Å². The van der Waals surface area contributed by atoms with Gasteiger partial charge in [-0.2, -0.15) is 0 Å². The van der Waals surface area contributed by atoms with Crippen LogP contribution in [-0.2, 0) is 4.79 Å². The summed E-state index contributed by atoms with van der Waals surface area (Å²) in [7, 11) is 0.